The molecule has 0 saturated carbocycles. The van der Waals surface area contributed by atoms with Crippen molar-refractivity contribution in [2.75, 3.05) is 0 Å². The molecule has 5 rings (SSSR count). The zero-order valence-corrected chi connectivity index (χ0v) is 21.5. The molecule has 0 spiro atoms. The number of hydrogen-bond donors (Lipinski definition) is 1. The Kier molecular flexibility index (Phi) is 7.23. The summed E-state index contributed by atoms with van der Waals surface area (Å²) < 4.78 is 1.88. The Morgan fingerprint density at radius 2 is 1.59 bits per heavy atom. The van der Waals surface area contributed by atoms with Crippen LogP contribution >= 0.6 is 0 Å². The van der Waals surface area contributed by atoms with Gasteiger partial charge in [-0.05, 0) is 58.0 Å². The van der Waals surface area contributed by atoms with Crippen molar-refractivity contribution in [3.63, 3.8) is 0 Å². The van der Waals surface area contributed by atoms with Gasteiger partial charge in [-0.15, -0.1) is 5.10 Å². The van der Waals surface area contributed by atoms with Gasteiger partial charge in [-0.1, -0.05) is 86.1 Å². The first kappa shape index (κ1) is 24.6. The predicted octanol–water partition coefficient (Wildman–Crippen LogP) is 5.27. The van der Waals surface area contributed by atoms with Gasteiger partial charge in [-0.3, -0.25) is 9.69 Å². The van der Waals surface area contributed by atoms with E-state index in [2.05, 4.69) is 76.5 Å². The average Bonchev–Trinajstić information content (AvgIpc) is 3.33. The van der Waals surface area contributed by atoms with E-state index >= 15 is 0 Å². The van der Waals surface area contributed by atoms with Crippen molar-refractivity contribution in [3.8, 4) is 0 Å². The molecule has 0 saturated heterocycles. The molecule has 3 aromatic carbocycles. The molecule has 188 valence electrons. The molecule has 37 heavy (non-hydrogen) atoms. The van der Waals surface area contributed by atoms with Crippen molar-refractivity contribution in [2.24, 2.45) is 5.92 Å². The standard InChI is InChI=1S/C30H32N6O/c1-21(2)28(29-32-33-34-36(29)19-24-12-8-5-9-13-24)35(18-23-10-6-4-7-11-23)20-26-17-25-16-22(3)14-15-27(25)31-30(26)37/h4-17,21,28H,18-20H2,1-3H3,(H,31,37). The maximum absolute atomic E-state index is 13.2. The molecule has 1 N–H and O–H groups in total. The third kappa shape index (κ3) is 5.67. The Balaban J connectivity index is 1.55. The van der Waals surface area contributed by atoms with E-state index in [0.29, 0.717) is 19.6 Å². The summed E-state index contributed by atoms with van der Waals surface area (Å²) in [5.74, 6) is 0.994. The molecule has 0 aliphatic rings. The molecular weight excluding hydrogens is 460 g/mol. The first-order chi connectivity index (χ1) is 18.0. The molecule has 0 radical (unpaired) electrons. The number of nitrogens with one attached hydrogen (secondary N) is 1. The lowest BCUT2D eigenvalue weighted by Gasteiger charge is -2.33. The fourth-order valence-electron chi connectivity index (χ4n) is 4.95. The zero-order valence-electron chi connectivity index (χ0n) is 21.5. The lowest BCUT2D eigenvalue weighted by Crippen LogP contribution is -2.35. The molecule has 0 aliphatic heterocycles. The van der Waals surface area contributed by atoms with Gasteiger partial charge in [0.15, 0.2) is 5.82 Å². The van der Waals surface area contributed by atoms with Crippen LogP contribution in [-0.4, -0.2) is 30.1 Å². The summed E-state index contributed by atoms with van der Waals surface area (Å²) >= 11 is 0. The van der Waals surface area contributed by atoms with Crippen molar-refractivity contribution >= 4 is 10.9 Å². The van der Waals surface area contributed by atoms with E-state index in [1.165, 1.54) is 5.56 Å². The molecule has 0 aliphatic carbocycles. The van der Waals surface area contributed by atoms with Crippen LogP contribution in [0.4, 0.5) is 0 Å². The Labute approximate surface area is 216 Å². The summed E-state index contributed by atoms with van der Waals surface area (Å²) in [6.07, 6.45) is 0. The largest absolute Gasteiger partial charge is 0.322 e. The highest BCUT2D eigenvalue weighted by Crippen LogP contribution is 2.30. The zero-order chi connectivity index (χ0) is 25.8. The van der Waals surface area contributed by atoms with Gasteiger partial charge in [-0.25, -0.2) is 4.68 Å². The smallest absolute Gasteiger partial charge is 0.252 e. The molecule has 2 aromatic heterocycles. The lowest BCUT2D eigenvalue weighted by atomic mass is 9.99. The normalized spacial score (nSPS) is 12.5. The van der Waals surface area contributed by atoms with Crippen molar-refractivity contribution in [2.45, 2.75) is 46.4 Å². The fourth-order valence-corrected chi connectivity index (χ4v) is 4.95. The highest BCUT2D eigenvalue weighted by Gasteiger charge is 2.30. The predicted molar refractivity (Wildman–Crippen MR) is 146 cm³/mol. The number of hydrogen-bond acceptors (Lipinski definition) is 5. The molecule has 1 atom stereocenters. The van der Waals surface area contributed by atoms with E-state index in [1.807, 2.05) is 59.3 Å². The molecule has 7 nitrogen and oxygen atoms in total. The second kappa shape index (κ2) is 10.9. The summed E-state index contributed by atoms with van der Waals surface area (Å²) in [5, 5.41) is 13.9. The molecule has 0 fully saturated rings. The Hall–Kier alpha value is -4.10. The lowest BCUT2D eigenvalue weighted by molar-refractivity contribution is 0.126. The number of aromatic amines is 1. The number of pyridine rings is 1. The summed E-state index contributed by atoms with van der Waals surface area (Å²) in [6, 6.07) is 28.5. The topological polar surface area (TPSA) is 79.7 Å². The van der Waals surface area contributed by atoms with Gasteiger partial charge in [0, 0.05) is 24.2 Å². The van der Waals surface area contributed by atoms with Crippen LogP contribution in [0.15, 0.2) is 89.7 Å². The van der Waals surface area contributed by atoms with Gasteiger partial charge >= 0.3 is 0 Å². The molecule has 0 amide bonds. The quantitative estimate of drug-likeness (QED) is 0.303. The number of fused-ring (bicyclic) bond motifs is 1. The van der Waals surface area contributed by atoms with Crippen molar-refractivity contribution < 1.29 is 0 Å². The average molecular weight is 493 g/mol. The fraction of sp³-hybridized carbons (Fsp3) is 0.267. The van der Waals surface area contributed by atoms with Gasteiger partial charge in [0.25, 0.3) is 5.56 Å². The first-order valence-corrected chi connectivity index (χ1v) is 12.7. The summed E-state index contributed by atoms with van der Waals surface area (Å²) in [7, 11) is 0. The Morgan fingerprint density at radius 3 is 2.30 bits per heavy atom. The minimum absolute atomic E-state index is 0.0687. The number of H-pyrrole nitrogens is 1. The molecule has 5 aromatic rings. The van der Waals surface area contributed by atoms with Gasteiger partial charge in [0.05, 0.1) is 12.6 Å². The Bertz CT molecular complexity index is 1520. The first-order valence-electron chi connectivity index (χ1n) is 12.7. The second-order valence-electron chi connectivity index (χ2n) is 9.97. The summed E-state index contributed by atoms with van der Waals surface area (Å²) in [4.78, 5) is 18.6. The maximum Gasteiger partial charge on any atom is 0.252 e. The van der Waals surface area contributed by atoms with Gasteiger partial charge in [0.1, 0.15) is 0 Å². The number of rotatable bonds is 9. The van der Waals surface area contributed by atoms with E-state index in [-0.39, 0.29) is 17.5 Å². The van der Waals surface area contributed by atoms with E-state index in [4.69, 9.17) is 0 Å². The monoisotopic (exact) mass is 492 g/mol. The molecular formula is C30H32N6O. The molecule has 1 unspecified atom stereocenters. The number of tetrazole rings is 1. The van der Waals surface area contributed by atoms with E-state index in [0.717, 1.165) is 33.4 Å². The highest BCUT2D eigenvalue weighted by molar-refractivity contribution is 5.79. The molecule has 2 heterocycles. The van der Waals surface area contributed by atoms with Crippen LogP contribution in [0.2, 0.25) is 0 Å². The highest BCUT2D eigenvalue weighted by atomic mass is 16.1. The van der Waals surface area contributed by atoms with Crippen LogP contribution in [0, 0.1) is 12.8 Å². The summed E-state index contributed by atoms with van der Waals surface area (Å²) in [6.45, 7) is 8.13. The van der Waals surface area contributed by atoms with Gasteiger partial charge in [0.2, 0.25) is 0 Å². The minimum Gasteiger partial charge on any atom is -0.322 e. The molecule has 7 heteroatoms. The van der Waals surface area contributed by atoms with Crippen molar-refractivity contribution in [1.82, 2.24) is 30.1 Å². The Morgan fingerprint density at radius 1 is 0.892 bits per heavy atom. The van der Waals surface area contributed by atoms with Crippen LogP contribution in [0.1, 0.15) is 48.0 Å². The number of benzene rings is 3. The number of aryl methyl sites for hydroxylation is 1. The minimum atomic E-state index is -0.105. The van der Waals surface area contributed by atoms with Crippen molar-refractivity contribution in [3.05, 3.63) is 123 Å². The third-order valence-corrected chi connectivity index (χ3v) is 6.70. The van der Waals surface area contributed by atoms with E-state index in [9.17, 15) is 4.79 Å². The van der Waals surface area contributed by atoms with E-state index < -0.39 is 0 Å². The van der Waals surface area contributed by atoms with Gasteiger partial charge in [-0.2, -0.15) is 0 Å². The van der Waals surface area contributed by atoms with Crippen LogP contribution in [0.3, 0.4) is 0 Å². The number of nitrogens with zero attached hydrogens (tertiary/aromatic N) is 5. The summed E-state index contributed by atoms with van der Waals surface area (Å²) in [5.41, 5.74) is 4.97. The molecule has 0 bridgehead atoms. The SMILES string of the molecule is Cc1ccc2[nH]c(=O)c(CN(Cc3ccccc3)C(c3nnnn3Cc3ccccc3)C(C)C)cc2c1. The van der Waals surface area contributed by atoms with Crippen LogP contribution < -0.4 is 5.56 Å². The van der Waals surface area contributed by atoms with Crippen molar-refractivity contribution in [1.29, 1.82) is 0 Å². The van der Waals surface area contributed by atoms with Crippen LogP contribution in [0.25, 0.3) is 10.9 Å². The van der Waals surface area contributed by atoms with E-state index in [1.54, 1.807) is 0 Å². The third-order valence-electron chi connectivity index (χ3n) is 6.70. The number of aromatic nitrogens is 5. The van der Waals surface area contributed by atoms with Crippen LogP contribution in [0.5, 0.6) is 0 Å². The second-order valence-corrected chi connectivity index (χ2v) is 9.97. The van der Waals surface area contributed by atoms with Crippen LogP contribution in [-0.2, 0) is 19.6 Å². The maximum atomic E-state index is 13.2. The van der Waals surface area contributed by atoms with Gasteiger partial charge < -0.3 is 4.98 Å².